The maximum absolute atomic E-state index is 10.8. The molecule has 0 amide bonds. The highest BCUT2D eigenvalue weighted by atomic mass is 35.5. The number of aliphatic hydroxyl groups is 1. The molecule has 1 heterocycles. The number of aromatic carboxylic acids is 1. The van der Waals surface area contributed by atoms with E-state index in [-0.39, 0.29) is 24.2 Å². The molecule has 4 rings (SSSR count). The Bertz CT molecular complexity index is 827. The predicted molar refractivity (Wildman–Crippen MR) is 86.1 cm³/mol. The van der Waals surface area contributed by atoms with Crippen molar-refractivity contribution in [2.75, 3.05) is 6.61 Å². The van der Waals surface area contributed by atoms with Gasteiger partial charge < -0.3 is 15.0 Å². The first-order valence-electron chi connectivity index (χ1n) is 7.13. The number of rotatable bonds is 3. The molecule has 0 fully saturated rings. The molecular formula is C17H14ClN2O3-. The third-order valence-corrected chi connectivity index (χ3v) is 4.19. The molecular weight excluding hydrogens is 316 g/mol. The molecule has 1 aromatic heterocycles. The first-order chi connectivity index (χ1) is 11.1. The maximum Gasteiger partial charge on any atom is 0.116 e. The molecule has 2 aliphatic rings. The van der Waals surface area contributed by atoms with Gasteiger partial charge in [-0.2, -0.15) is 5.10 Å². The van der Waals surface area contributed by atoms with E-state index in [1.165, 1.54) is 15.8 Å². The van der Waals surface area contributed by atoms with Crippen molar-refractivity contribution in [3.63, 3.8) is 0 Å². The van der Waals surface area contributed by atoms with Gasteiger partial charge in [0.25, 0.3) is 0 Å². The Morgan fingerprint density at radius 2 is 1.91 bits per heavy atom. The van der Waals surface area contributed by atoms with E-state index >= 15 is 0 Å². The normalized spacial score (nSPS) is 15.4. The van der Waals surface area contributed by atoms with Gasteiger partial charge in [-0.3, -0.25) is 4.68 Å². The van der Waals surface area contributed by atoms with Gasteiger partial charge in [-0.25, -0.2) is 0 Å². The molecule has 6 heteroatoms. The van der Waals surface area contributed by atoms with E-state index in [2.05, 4.69) is 29.4 Å². The SMILES string of the molecule is ClC1C2=CC=C1C=C2.O=C([O-])c1nn(CCO)c2ccccc12. The number of allylic oxidation sites excluding steroid dienone is 6. The van der Waals surface area contributed by atoms with Crippen LogP contribution in [0.2, 0.25) is 0 Å². The number of aliphatic hydroxyl groups excluding tert-OH is 1. The third kappa shape index (κ3) is 2.93. The van der Waals surface area contributed by atoms with Gasteiger partial charge in [-0.15, -0.1) is 11.6 Å². The molecule has 0 atom stereocenters. The van der Waals surface area contributed by atoms with Crippen LogP contribution in [-0.4, -0.2) is 32.8 Å². The Balaban J connectivity index is 0.000000162. The lowest BCUT2D eigenvalue weighted by atomic mass is 10.2. The van der Waals surface area contributed by atoms with Crippen LogP contribution in [0.15, 0.2) is 59.7 Å². The number of carboxylic acids is 1. The van der Waals surface area contributed by atoms with Crippen molar-refractivity contribution in [3.8, 4) is 0 Å². The van der Waals surface area contributed by atoms with E-state index in [1.54, 1.807) is 24.3 Å². The molecule has 0 unspecified atom stereocenters. The molecule has 2 aliphatic carbocycles. The lowest BCUT2D eigenvalue weighted by Gasteiger charge is -1.98. The van der Waals surface area contributed by atoms with E-state index in [0.29, 0.717) is 10.9 Å². The molecule has 1 aromatic carbocycles. The van der Waals surface area contributed by atoms with Crippen molar-refractivity contribution >= 4 is 28.5 Å². The summed E-state index contributed by atoms with van der Waals surface area (Å²) in [6.07, 6.45) is 8.25. The van der Waals surface area contributed by atoms with Crippen molar-refractivity contribution in [2.45, 2.75) is 11.9 Å². The van der Waals surface area contributed by atoms with Gasteiger partial charge >= 0.3 is 0 Å². The van der Waals surface area contributed by atoms with Gasteiger partial charge in [0.2, 0.25) is 0 Å². The van der Waals surface area contributed by atoms with Crippen molar-refractivity contribution in [1.82, 2.24) is 9.78 Å². The summed E-state index contributed by atoms with van der Waals surface area (Å²) in [6.45, 7) is 0.186. The van der Waals surface area contributed by atoms with Gasteiger partial charge in [0.05, 0.1) is 30.0 Å². The smallest absolute Gasteiger partial charge is 0.116 e. The van der Waals surface area contributed by atoms with Crippen LogP contribution in [0.5, 0.6) is 0 Å². The summed E-state index contributed by atoms with van der Waals surface area (Å²) in [7, 11) is 0. The first-order valence-corrected chi connectivity index (χ1v) is 7.57. The number of hydrogen-bond acceptors (Lipinski definition) is 4. The fourth-order valence-electron chi connectivity index (χ4n) is 2.57. The highest BCUT2D eigenvalue weighted by Crippen LogP contribution is 2.32. The Morgan fingerprint density at radius 1 is 1.26 bits per heavy atom. The standard InChI is InChI=1S/C10H10N2O3.C7H5Cl/c13-6-5-12-8-4-2-1-3-7(8)9(11-12)10(14)15;8-7-5-1-2-6(7)4-3-5/h1-4,13H,5-6H2,(H,14,15);1-4,7H/p-1. The summed E-state index contributed by atoms with van der Waals surface area (Å²) in [5.74, 6) is -1.30. The molecule has 2 aromatic rings. The largest absolute Gasteiger partial charge is 0.543 e. The monoisotopic (exact) mass is 329 g/mol. The number of carbonyl (C=O) groups excluding carboxylic acids is 1. The average Bonchev–Trinajstić information content (AvgIpc) is 3.22. The lowest BCUT2D eigenvalue weighted by molar-refractivity contribution is -0.255. The van der Waals surface area contributed by atoms with Crippen LogP contribution in [0.1, 0.15) is 10.5 Å². The van der Waals surface area contributed by atoms with Crippen LogP contribution in [0.4, 0.5) is 0 Å². The number of nitrogens with zero attached hydrogens (tertiary/aromatic N) is 2. The summed E-state index contributed by atoms with van der Waals surface area (Å²) in [5.41, 5.74) is 3.08. The predicted octanol–water partition coefficient (Wildman–Crippen LogP) is 1.42. The second-order valence-corrected chi connectivity index (χ2v) is 5.57. The van der Waals surface area contributed by atoms with Crippen molar-refractivity contribution in [3.05, 3.63) is 65.4 Å². The van der Waals surface area contributed by atoms with Crippen LogP contribution in [0, 0.1) is 0 Å². The zero-order chi connectivity index (χ0) is 16.4. The number of halogens is 1. The summed E-state index contributed by atoms with van der Waals surface area (Å²) >= 11 is 5.88. The minimum atomic E-state index is -1.30. The Morgan fingerprint density at radius 3 is 2.39 bits per heavy atom. The van der Waals surface area contributed by atoms with E-state index in [9.17, 15) is 9.90 Å². The van der Waals surface area contributed by atoms with Crippen molar-refractivity contribution in [2.24, 2.45) is 0 Å². The Hall–Kier alpha value is -2.37. The number of aromatic nitrogens is 2. The maximum atomic E-state index is 10.8. The molecule has 5 nitrogen and oxygen atoms in total. The molecule has 0 radical (unpaired) electrons. The van der Waals surface area contributed by atoms with Crippen LogP contribution in [-0.2, 0) is 6.54 Å². The number of benzene rings is 1. The molecule has 118 valence electrons. The highest BCUT2D eigenvalue weighted by molar-refractivity contribution is 6.25. The molecule has 1 N–H and O–H groups in total. The molecule has 0 aliphatic heterocycles. The van der Waals surface area contributed by atoms with Gasteiger partial charge in [-0.05, 0) is 17.2 Å². The number of fused-ring (bicyclic) bond motifs is 3. The van der Waals surface area contributed by atoms with Gasteiger partial charge in [0.15, 0.2) is 0 Å². The van der Waals surface area contributed by atoms with E-state index in [0.717, 1.165) is 0 Å². The number of para-hydroxylation sites is 1. The second-order valence-electron chi connectivity index (χ2n) is 5.13. The van der Waals surface area contributed by atoms with Gasteiger partial charge in [-0.1, -0.05) is 42.5 Å². The summed E-state index contributed by atoms with van der Waals surface area (Å²) in [4.78, 5) is 10.8. The topological polar surface area (TPSA) is 78.2 Å². The van der Waals surface area contributed by atoms with Crippen LogP contribution in [0.3, 0.4) is 0 Å². The van der Waals surface area contributed by atoms with E-state index in [4.69, 9.17) is 16.7 Å². The number of carboxylic acid groups (broad SMARTS) is 1. The summed E-state index contributed by atoms with van der Waals surface area (Å²) in [6, 6.07) is 6.95. The van der Waals surface area contributed by atoms with E-state index in [1.807, 2.05) is 0 Å². The second kappa shape index (κ2) is 6.40. The van der Waals surface area contributed by atoms with Gasteiger partial charge in [0, 0.05) is 5.39 Å². The number of hydrogen-bond donors (Lipinski definition) is 1. The molecule has 0 saturated heterocycles. The molecule has 23 heavy (non-hydrogen) atoms. The van der Waals surface area contributed by atoms with Crippen LogP contribution < -0.4 is 5.11 Å². The number of carbonyl (C=O) groups is 1. The first kappa shape index (κ1) is 15.5. The molecule has 0 saturated carbocycles. The van der Waals surface area contributed by atoms with Crippen molar-refractivity contribution < 1.29 is 15.0 Å². The fourth-order valence-corrected chi connectivity index (χ4v) is 2.86. The van der Waals surface area contributed by atoms with Crippen molar-refractivity contribution in [1.29, 1.82) is 0 Å². The summed E-state index contributed by atoms with van der Waals surface area (Å²) in [5, 5.41) is 24.2. The minimum absolute atomic E-state index is 0.0842. The lowest BCUT2D eigenvalue weighted by Crippen LogP contribution is -2.23. The number of alkyl halides is 1. The fraction of sp³-hybridized carbons (Fsp3) is 0.176. The molecule has 2 bridgehead atoms. The quantitative estimate of drug-likeness (QED) is 0.864. The van der Waals surface area contributed by atoms with Crippen LogP contribution >= 0.6 is 11.6 Å². The minimum Gasteiger partial charge on any atom is -0.543 e. The summed E-state index contributed by atoms with van der Waals surface area (Å²) < 4.78 is 1.46. The third-order valence-electron chi connectivity index (χ3n) is 3.68. The van der Waals surface area contributed by atoms with Gasteiger partial charge in [0.1, 0.15) is 5.69 Å². The average molecular weight is 330 g/mol. The van der Waals surface area contributed by atoms with E-state index < -0.39 is 5.97 Å². The van der Waals surface area contributed by atoms with Crippen LogP contribution in [0.25, 0.3) is 10.9 Å². The Kier molecular flexibility index (Phi) is 4.32. The zero-order valence-corrected chi connectivity index (χ0v) is 12.9. The highest BCUT2D eigenvalue weighted by Gasteiger charge is 2.21. The zero-order valence-electron chi connectivity index (χ0n) is 12.1. The molecule has 0 spiro atoms. The Labute approximate surface area is 137 Å².